The van der Waals surface area contributed by atoms with Crippen LogP contribution in [0.15, 0.2) is 18.2 Å². The molecule has 2 aromatic rings. The van der Waals surface area contributed by atoms with Gasteiger partial charge in [0.15, 0.2) is 17.3 Å². The van der Waals surface area contributed by atoms with Gasteiger partial charge in [-0.1, -0.05) is 20.3 Å². The van der Waals surface area contributed by atoms with Gasteiger partial charge in [0.2, 0.25) is 5.91 Å². The second kappa shape index (κ2) is 9.31. The average Bonchev–Trinajstić information content (AvgIpc) is 3.12. The maximum absolute atomic E-state index is 12.5. The smallest absolute Gasteiger partial charge is 0.238 e. The van der Waals surface area contributed by atoms with Crippen LogP contribution >= 0.6 is 0 Å². The third kappa shape index (κ3) is 5.16. The molecule has 0 radical (unpaired) electrons. The number of nitrogens with one attached hydrogen (secondary N) is 1. The van der Waals surface area contributed by atoms with Gasteiger partial charge >= 0.3 is 0 Å². The monoisotopic (exact) mass is 374 g/mol. The lowest BCUT2D eigenvalue weighted by molar-refractivity contribution is -0.117. The van der Waals surface area contributed by atoms with E-state index in [4.69, 9.17) is 9.47 Å². The van der Waals surface area contributed by atoms with Gasteiger partial charge in [-0.3, -0.25) is 9.69 Å². The number of benzene rings is 1. The molecule has 0 saturated carbocycles. The number of fused-ring (bicyclic) bond motifs is 1. The number of likely N-dealkylation sites (N-methyl/N-ethyl adjacent to an activating group) is 1. The number of aryl methyl sites for hydroxylation is 1. The Morgan fingerprint density at radius 1 is 1.26 bits per heavy atom. The van der Waals surface area contributed by atoms with Gasteiger partial charge < -0.3 is 14.8 Å². The van der Waals surface area contributed by atoms with Crippen molar-refractivity contribution in [3.8, 4) is 11.5 Å². The number of unbranched alkanes of at least 4 members (excludes halogenated alkanes) is 1. The van der Waals surface area contributed by atoms with Crippen molar-refractivity contribution in [2.45, 2.75) is 39.8 Å². The molecule has 146 valence electrons. The van der Waals surface area contributed by atoms with Crippen molar-refractivity contribution in [3.63, 3.8) is 0 Å². The van der Waals surface area contributed by atoms with Gasteiger partial charge in [0.25, 0.3) is 0 Å². The molecule has 27 heavy (non-hydrogen) atoms. The Balaban J connectivity index is 1.56. The largest absolute Gasteiger partial charge is 0.486 e. The number of nitrogens with zero attached hydrogens (tertiary/aromatic N) is 5. The first kappa shape index (κ1) is 19.1. The molecule has 0 atom stereocenters. The van der Waals surface area contributed by atoms with Crippen LogP contribution in [0.2, 0.25) is 0 Å². The van der Waals surface area contributed by atoms with E-state index in [-0.39, 0.29) is 12.5 Å². The highest BCUT2D eigenvalue weighted by molar-refractivity contribution is 5.92. The molecule has 9 heteroatoms. The summed E-state index contributed by atoms with van der Waals surface area (Å²) in [5.41, 5.74) is 0.688. The van der Waals surface area contributed by atoms with E-state index in [1.807, 2.05) is 28.6 Å². The zero-order chi connectivity index (χ0) is 19.1. The second-order valence-corrected chi connectivity index (χ2v) is 6.38. The quantitative estimate of drug-likeness (QED) is 0.714. The molecule has 1 aromatic heterocycles. The zero-order valence-electron chi connectivity index (χ0n) is 15.8. The zero-order valence-corrected chi connectivity index (χ0v) is 15.8. The van der Waals surface area contributed by atoms with E-state index in [0.717, 1.165) is 31.8 Å². The third-order valence-electron chi connectivity index (χ3n) is 4.33. The average molecular weight is 374 g/mol. The van der Waals surface area contributed by atoms with E-state index in [1.165, 1.54) is 0 Å². The molecule has 0 aliphatic carbocycles. The predicted molar refractivity (Wildman–Crippen MR) is 99.7 cm³/mol. The van der Waals surface area contributed by atoms with Crippen LogP contribution in [0.3, 0.4) is 0 Å². The van der Waals surface area contributed by atoms with E-state index in [2.05, 4.69) is 27.8 Å². The van der Waals surface area contributed by atoms with Crippen LogP contribution in [-0.2, 0) is 17.9 Å². The summed E-state index contributed by atoms with van der Waals surface area (Å²) in [5.74, 6) is 2.04. The number of ether oxygens (including phenoxy) is 2. The highest BCUT2D eigenvalue weighted by atomic mass is 16.6. The molecule has 0 saturated heterocycles. The molecule has 0 unspecified atom stereocenters. The van der Waals surface area contributed by atoms with Crippen molar-refractivity contribution in [3.05, 3.63) is 24.0 Å². The first-order valence-corrected chi connectivity index (χ1v) is 9.36. The maximum atomic E-state index is 12.5. The third-order valence-corrected chi connectivity index (χ3v) is 4.33. The number of carbonyl (C=O) groups excluding carboxylic acids is 1. The maximum Gasteiger partial charge on any atom is 0.238 e. The Morgan fingerprint density at radius 3 is 2.85 bits per heavy atom. The summed E-state index contributed by atoms with van der Waals surface area (Å²) in [6, 6.07) is 5.41. The van der Waals surface area contributed by atoms with Crippen molar-refractivity contribution in [2.24, 2.45) is 0 Å². The number of hydrogen-bond donors (Lipinski definition) is 1. The standard InChI is InChI=1S/C18H26N6O3/c1-3-5-8-24-17(20-21-22-24)12-23(4-2)13-18(25)19-14-6-7-15-16(11-14)27-10-9-26-15/h6-7,11H,3-5,8-10,12-13H2,1-2H3,(H,19,25). The number of hydrogen-bond acceptors (Lipinski definition) is 7. The van der Waals surface area contributed by atoms with Crippen LogP contribution in [-0.4, -0.2) is 57.3 Å². The van der Waals surface area contributed by atoms with Crippen molar-refractivity contribution in [1.29, 1.82) is 0 Å². The molecule has 2 heterocycles. The molecule has 1 aliphatic rings. The lowest BCUT2D eigenvalue weighted by Crippen LogP contribution is -2.33. The summed E-state index contributed by atoms with van der Waals surface area (Å²) in [6.45, 7) is 7.49. The summed E-state index contributed by atoms with van der Waals surface area (Å²) < 4.78 is 12.9. The van der Waals surface area contributed by atoms with Crippen LogP contribution in [0.4, 0.5) is 5.69 Å². The predicted octanol–water partition coefficient (Wildman–Crippen LogP) is 1.70. The van der Waals surface area contributed by atoms with Crippen LogP contribution in [0.25, 0.3) is 0 Å². The minimum atomic E-state index is -0.0962. The van der Waals surface area contributed by atoms with Gasteiger partial charge in [-0.05, 0) is 35.5 Å². The fourth-order valence-electron chi connectivity index (χ4n) is 2.82. The minimum Gasteiger partial charge on any atom is -0.486 e. The summed E-state index contributed by atoms with van der Waals surface area (Å²) in [5, 5.41) is 14.8. The Hall–Kier alpha value is -2.68. The molecule has 1 aliphatic heterocycles. The Kier molecular flexibility index (Phi) is 6.59. The Morgan fingerprint density at radius 2 is 2.07 bits per heavy atom. The fraction of sp³-hybridized carbons (Fsp3) is 0.556. The number of rotatable bonds is 9. The molecule has 1 aromatic carbocycles. The second-order valence-electron chi connectivity index (χ2n) is 6.38. The normalized spacial score (nSPS) is 13.0. The van der Waals surface area contributed by atoms with Gasteiger partial charge in [0.1, 0.15) is 13.2 Å². The van der Waals surface area contributed by atoms with E-state index in [9.17, 15) is 4.79 Å². The van der Waals surface area contributed by atoms with Crippen LogP contribution in [0.1, 0.15) is 32.5 Å². The first-order valence-electron chi connectivity index (χ1n) is 9.36. The fourth-order valence-corrected chi connectivity index (χ4v) is 2.82. The number of anilines is 1. The SMILES string of the molecule is CCCCn1nnnc1CN(CC)CC(=O)Nc1ccc2c(c1)OCCO2. The number of amides is 1. The Labute approximate surface area is 158 Å². The highest BCUT2D eigenvalue weighted by Crippen LogP contribution is 2.32. The summed E-state index contributed by atoms with van der Waals surface area (Å²) >= 11 is 0. The van der Waals surface area contributed by atoms with Crippen molar-refractivity contribution < 1.29 is 14.3 Å². The van der Waals surface area contributed by atoms with E-state index < -0.39 is 0 Å². The van der Waals surface area contributed by atoms with E-state index in [1.54, 1.807) is 6.07 Å². The lowest BCUT2D eigenvalue weighted by Gasteiger charge is -2.21. The molecule has 0 bridgehead atoms. The number of tetrazole rings is 1. The van der Waals surface area contributed by atoms with Crippen molar-refractivity contribution >= 4 is 11.6 Å². The molecular formula is C18H26N6O3. The van der Waals surface area contributed by atoms with E-state index >= 15 is 0 Å². The lowest BCUT2D eigenvalue weighted by atomic mass is 10.2. The summed E-state index contributed by atoms with van der Waals surface area (Å²) in [7, 11) is 0. The molecule has 3 rings (SSSR count). The molecular weight excluding hydrogens is 348 g/mol. The van der Waals surface area contributed by atoms with Crippen LogP contribution in [0, 0.1) is 0 Å². The van der Waals surface area contributed by atoms with Gasteiger partial charge in [-0.25, -0.2) is 4.68 Å². The summed E-state index contributed by atoms with van der Waals surface area (Å²) in [6.07, 6.45) is 2.10. The number of carbonyl (C=O) groups is 1. The molecule has 0 fully saturated rings. The topological polar surface area (TPSA) is 94.4 Å². The van der Waals surface area contributed by atoms with Crippen molar-refractivity contribution in [1.82, 2.24) is 25.1 Å². The van der Waals surface area contributed by atoms with Gasteiger partial charge in [0, 0.05) is 18.3 Å². The van der Waals surface area contributed by atoms with Gasteiger partial charge in [0.05, 0.1) is 13.1 Å². The van der Waals surface area contributed by atoms with Crippen LogP contribution < -0.4 is 14.8 Å². The molecule has 1 N–H and O–H groups in total. The number of aromatic nitrogens is 4. The Bertz CT molecular complexity index is 763. The first-order chi connectivity index (χ1) is 13.2. The minimum absolute atomic E-state index is 0.0962. The van der Waals surface area contributed by atoms with Crippen LogP contribution in [0.5, 0.6) is 11.5 Å². The van der Waals surface area contributed by atoms with E-state index in [0.29, 0.717) is 36.9 Å². The van der Waals surface area contributed by atoms with Crippen molar-refractivity contribution in [2.75, 3.05) is 31.6 Å². The highest BCUT2D eigenvalue weighted by Gasteiger charge is 2.16. The molecule has 0 spiro atoms. The van der Waals surface area contributed by atoms with Gasteiger partial charge in [-0.2, -0.15) is 0 Å². The molecule has 9 nitrogen and oxygen atoms in total. The summed E-state index contributed by atoms with van der Waals surface area (Å²) in [4.78, 5) is 14.5. The molecule has 1 amide bonds. The van der Waals surface area contributed by atoms with Gasteiger partial charge in [-0.15, -0.1) is 5.10 Å².